The van der Waals surface area contributed by atoms with Crippen LogP contribution in [0.25, 0.3) is 0 Å². The Morgan fingerprint density at radius 3 is 2.29 bits per heavy atom. The van der Waals surface area contributed by atoms with Crippen LogP contribution in [0.4, 0.5) is 28.9 Å². The van der Waals surface area contributed by atoms with E-state index >= 15 is 0 Å². The van der Waals surface area contributed by atoms with Crippen molar-refractivity contribution in [1.82, 2.24) is 0 Å². The maximum Gasteiger partial charge on any atom is 0.416 e. The van der Waals surface area contributed by atoms with Crippen molar-refractivity contribution in [2.75, 3.05) is 16.3 Å². The van der Waals surface area contributed by atoms with Gasteiger partial charge < -0.3 is 5.32 Å². The van der Waals surface area contributed by atoms with Gasteiger partial charge in [0.05, 0.1) is 23.2 Å². The number of carbonyl (C=O) groups excluding carboxylic acids is 1. The van der Waals surface area contributed by atoms with Crippen LogP contribution in [0, 0.1) is 11.7 Å². The lowest BCUT2D eigenvalue weighted by Crippen LogP contribution is -2.18. The molecular weight excluding hydrogens is 400 g/mol. The van der Waals surface area contributed by atoms with Gasteiger partial charge in [0.2, 0.25) is 15.9 Å². The van der Waals surface area contributed by atoms with Crippen LogP contribution in [0.1, 0.15) is 23.5 Å². The number of benzene rings is 2. The number of carbonyl (C=O) groups is 1. The van der Waals surface area contributed by atoms with E-state index in [1.807, 2.05) is 0 Å². The van der Waals surface area contributed by atoms with Crippen molar-refractivity contribution in [1.29, 1.82) is 0 Å². The molecule has 2 atom stereocenters. The molecule has 0 radical (unpaired) electrons. The van der Waals surface area contributed by atoms with Crippen molar-refractivity contribution in [3.8, 4) is 0 Å². The lowest BCUT2D eigenvalue weighted by Gasteiger charge is -2.15. The number of amides is 1. The lowest BCUT2D eigenvalue weighted by molar-refractivity contribution is -0.137. The predicted molar refractivity (Wildman–Crippen MR) is 95.8 cm³/mol. The van der Waals surface area contributed by atoms with E-state index in [0.717, 1.165) is 24.0 Å². The minimum absolute atomic E-state index is 0.164. The van der Waals surface area contributed by atoms with Gasteiger partial charge in [-0.2, -0.15) is 13.2 Å². The van der Waals surface area contributed by atoms with Crippen molar-refractivity contribution in [2.24, 2.45) is 5.92 Å². The van der Waals surface area contributed by atoms with E-state index in [4.69, 9.17) is 0 Å². The average Bonchev–Trinajstić information content (AvgIpc) is 3.35. The highest BCUT2D eigenvalue weighted by molar-refractivity contribution is 7.92. The summed E-state index contributed by atoms with van der Waals surface area (Å²) in [6.45, 7) is 0. The first-order chi connectivity index (χ1) is 12.9. The van der Waals surface area contributed by atoms with Gasteiger partial charge in [0.15, 0.2) is 0 Å². The molecule has 10 heteroatoms. The Bertz CT molecular complexity index is 1000. The minimum Gasteiger partial charge on any atom is -0.324 e. The topological polar surface area (TPSA) is 75.3 Å². The fraction of sp³-hybridized carbons (Fsp3) is 0.278. The zero-order valence-electron chi connectivity index (χ0n) is 14.5. The monoisotopic (exact) mass is 416 g/mol. The van der Waals surface area contributed by atoms with E-state index in [1.54, 1.807) is 12.1 Å². The molecule has 150 valence electrons. The van der Waals surface area contributed by atoms with E-state index in [-0.39, 0.29) is 17.3 Å². The maximum absolute atomic E-state index is 13.0. The predicted octanol–water partition coefficient (Wildman–Crippen LogP) is 3.96. The molecule has 0 aliphatic heterocycles. The number of nitrogens with one attached hydrogen (secondary N) is 2. The fourth-order valence-electron chi connectivity index (χ4n) is 2.90. The second kappa shape index (κ2) is 7.08. The van der Waals surface area contributed by atoms with Gasteiger partial charge in [0, 0.05) is 5.92 Å². The summed E-state index contributed by atoms with van der Waals surface area (Å²) in [5.41, 5.74) is -0.717. The van der Waals surface area contributed by atoms with E-state index < -0.39 is 39.4 Å². The van der Waals surface area contributed by atoms with Crippen LogP contribution in [-0.4, -0.2) is 20.6 Å². The van der Waals surface area contributed by atoms with Crippen LogP contribution in [0.15, 0.2) is 42.5 Å². The van der Waals surface area contributed by atoms with Crippen molar-refractivity contribution < 1.29 is 30.8 Å². The molecule has 2 unspecified atom stereocenters. The Labute approximate surface area is 158 Å². The van der Waals surface area contributed by atoms with Crippen LogP contribution in [0.3, 0.4) is 0 Å². The molecule has 5 nitrogen and oxygen atoms in total. The van der Waals surface area contributed by atoms with Gasteiger partial charge >= 0.3 is 6.18 Å². The number of sulfonamides is 1. The molecule has 3 rings (SSSR count). The number of rotatable bonds is 5. The van der Waals surface area contributed by atoms with Gasteiger partial charge in [-0.05, 0) is 48.2 Å². The van der Waals surface area contributed by atoms with Crippen molar-refractivity contribution >= 4 is 27.3 Å². The summed E-state index contributed by atoms with van der Waals surface area (Å²) in [5.74, 6) is -1.61. The Morgan fingerprint density at radius 1 is 1.07 bits per heavy atom. The minimum atomic E-state index is -4.65. The Hall–Kier alpha value is -2.62. The van der Waals surface area contributed by atoms with Crippen molar-refractivity contribution in [3.05, 3.63) is 59.4 Å². The van der Waals surface area contributed by atoms with E-state index in [9.17, 15) is 30.8 Å². The standard InChI is InChI=1S/C18H16F4N2O3S/c1-28(26,27)24-15-7-4-11(18(20,21)22)8-16(15)23-17(25)14-9-13(14)10-2-5-12(19)6-3-10/h2-8,13-14,24H,9H2,1H3,(H,23,25). The first-order valence-corrected chi connectivity index (χ1v) is 10.1. The number of alkyl halides is 3. The summed E-state index contributed by atoms with van der Waals surface area (Å²) >= 11 is 0. The molecule has 0 bridgehead atoms. The van der Waals surface area contributed by atoms with Gasteiger partial charge in [-0.3, -0.25) is 9.52 Å². The fourth-order valence-corrected chi connectivity index (χ4v) is 3.48. The molecule has 1 aliphatic carbocycles. The quantitative estimate of drug-likeness (QED) is 0.725. The van der Waals surface area contributed by atoms with Gasteiger partial charge in [0.1, 0.15) is 5.82 Å². The van der Waals surface area contributed by atoms with Gasteiger partial charge in [0.25, 0.3) is 0 Å². The van der Waals surface area contributed by atoms with Crippen LogP contribution in [0.2, 0.25) is 0 Å². The molecular formula is C18H16F4N2O3S. The Balaban J connectivity index is 1.81. The van der Waals surface area contributed by atoms with Crippen LogP contribution >= 0.6 is 0 Å². The summed E-state index contributed by atoms with van der Waals surface area (Å²) in [5, 5.41) is 2.38. The van der Waals surface area contributed by atoms with E-state index in [0.29, 0.717) is 12.5 Å². The highest BCUT2D eigenvalue weighted by Gasteiger charge is 2.44. The van der Waals surface area contributed by atoms with Gasteiger partial charge in [-0.25, -0.2) is 12.8 Å². The average molecular weight is 416 g/mol. The molecule has 0 heterocycles. The molecule has 1 saturated carbocycles. The third kappa shape index (κ3) is 4.80. The smallest absolute Gasteiger partial charge is 0.324 e. The number of anilines is 2. The van der Waals surface area contributed by atoms with Gasteiger partial charge in [-0.1, -0.05) is 12.1 Å². The molecule has 28 heavy (non-hydrogen) atoms. The normalized spacial score (nSPS) is 19.2. The SMILES string of the molecule is CS(=O)(=O)Nc1ccc(C(F)(F)F)cc1NC(=O)C1CC1c1ccc(F)cc1. The lowest BCUT2D eigenvalue weighted by atomic mass is 10.1. The maximum atomic E-state index is 13.0. The molecule has 1 fully saturated rings. The second-order valence-corrected chi connectivity index (χ2v) is 8.37. The summed E-state index contributed by atoms with van der Waals surface area (Å²) in [6, 6.07) is 7.99. The molecule has 0 aromatic heterocycles. The summed E-state index contributed by atoms with van der Waals surface area (Å²) in [6.07, 6.45) is -3.34. The second-order valence-electron chi connectivity index (χ2n) is 6.62. The van der Waals surface area contributed by atoms with Crippen LogP contribution < -0.4 is 10.0 Å². The van der Waals surface area contributed by atoms with Crippen LogP contribution in [-0.2, 0) is 21.0 Å². The third-order valence-electron chi connectivity index (χ3n) is 4.33. The molecule has 0 saturated heterocycles. The van der Waals surface area contributed by atoms with E-state index in [1.165, 1.54) is 12.1 Å². The number of hydrogen-bond donors (Lipinski definition) is 2. The van der Waals surface area contributed by atoms with Crippen molar-refractivity contribution in [2.45, 2.75) is 18.5 Å². The molecule has 0 spiro atoms. The third-order valence-corrected chi connectivity index (χ3v) is 4.92. The molecule has 2 aromatic rings. The highest BCUT2D eigenvalue weighted by atomic mass is 32.2. The zero-order valence-corrected chi connectivity index (χ0v) is 15.4. The summed E-state index contributed by atoms with van der Waals surface area (Å²) in [7, 11) is -3.76. The van der Waals surface area contributed by atoms with Crippen molar-refractivity contribution in [3.63, 3.8) is 0 Å². The number of hydrogen-bond acceptors (Lipinski definition) is 3. The Kier molecular flexibility index (Phi) is 5.09. The van der Waals surface area contributed by atoms with Crippen LogP contribution in [0.5, 0.6) is 0 Å². The molecule has 2 aromatic carbocycles. The highest BCUT2D eigenvalue weighted by Crippen LogP contribution is 2.48. The summed E-state index contributed by atoms with van der Waals surface area (Å²) < 4.78 is 76.9. The molecule has 1 aliphatic rings. The first-order valence-electron chi connectivity index (χ1n) is 8.19. The number of halogens is 4. The summed E-state index contributed by atoms with van der Waals surface area (Å²) in [4.78, 5) is 12.5. The molecule has 2 N–H and O–H groups in total. The Morgan fingerprint density at radius 2 is 1.71 bits per heavy atom. The largest absolute Gasteiger partial charge is 0.416 e. The zero-order chi connectivity index (χ0) is 20.7. The van der Waals surface area contributed by atoms with Gasteiger partial charge in [-0.15, -0.1) is 0 Å². The van der Waals surface area contributed by atoms with E-state index in [2.05, 4.69) is 10.0 Å². The first kappa shape index (κ1) is 20.1. The molecule has 1 amide bonds.